The van der Waals surface area contributed by atoms with Crippen LogP contribution in [0.5, 0.6) is 5.75 Å². The maximum absolute atomic E-state index is 13.5. The minimum Gasteiger partial charge on any atom is -0.506 e. The molecule has 1 amide bonds. The van der Waals surface area contributed by atoms with Gasteiger partial charge in [0.15, 0.2) is 0 Å². The van der Waals surface area contributed by atoms with E-state index in [1.807, 2.05) is 0 Å². The number of aromatic amines is 2. The Morgan fingerprint density at radius 3 is 2.33 bits per heavy atom. The highest BCUT2D eigenvalue weighted by atomic mass is 16.3. The Bertz CT molecular complexity index is 1720. The van der Waals surface area contributed by atoms with Crippen molar-refractivity contribution in [3.63, 3.8) is 0 Å². The normalized spacial score (nSPS) is 14.9. The number of amides is 1. The van der Waals surface area contributed by atoms with Crippen LogP contribution in [-0.2, 0) is 11.3 Å². The number of rotatable bonds is 4. The van der Waals surface area contributed by atoms with Crippen molar-refractivity contribution in [2.75, 3.05) is 11.4 Å². The van der Waals surface area contributed by atoms with Crippen LogP contribution in [0.4, 0.5) is 5.69 Å². The molecule has 2 aromatic heterocycles. The van der Waals surface area contributed by atoms with Crippen molar-refractivity contribution in [1.82, 2.24) is 14.8 Å². The van der Waals surface area contributed by atoms with E-state index in [-0.39, 0.29) is 33.7 Å². The number of aromatic hydroxyl groups is 1. The van der Waals surface area contributed by atoms with Crippen molar-refractivity contribution in [1.29, 1.82) is 0 Å². The number of para-hydroxylation sites is 2. The summed E-state index contributed by atoms with van der Waals surface area (Å²) in [5, 5.41) is 16.7. The van der Waals surface area contributed by atoms with Gasteiger partial charge in [0.1, 0.15) is 11.3 Å². The van der Waals surface area contributed by atoms with Crippen molar-refractivity contribution in [3.8, 4) is 17.0 Å². The molecule has 1 aliphatic heterocycles. The Labute approximate surface area is 205 Å². The van der Waals surface area contributed by atoms with Crippen molar-refractivity contribution < 1.29 is 14.7 Å². The number of hydrogen-bond acceptors (Lipinski definition) is 5. The van der Waals surface area contributed by atoms with Crippen LogP contribution in [0.15, 0.2) is 63.7 Å². The molecule has 0 saturated carbocycles. The van der Waals surface area contributed by atoms with E-state index in [1.54, 1.807) is 62.4 Å². The van der Waals surface area contributed by atoms with Crippen molar-refractivity contribution in [2.24, 2.45) is 0 Å². The van der Waals surface area contributed by atoms with Crippen LogP contribution in [0.2, 0.25) is 0 Å². The summed E-state index contributed by atoms with van der Waals surface area (Å²) in [6.07, 6.45) is 0. The van der Waals surface area contributed by atoms with E-state index in [4.69, 9.17) is 0 Å². The van der Waals surface area contributed by atoms with Gasteiger partial charge in [-0.05, 0) is 50.6 Å². The highest BCUT2D eigenvalue weighted by Gasteiger charge is 2.37. The van der Waals surface area contributed by atoms with Crippen LogP contribution in [0.3, 0.4) is 0 Å². The molecule has 3 N–H and O–H groups in total. The zero-order valence-electron chi connectivity index (χ0n) is 20.0. The van der Waals surface area contributed by atoms with Gasteiger partial charge in [0, 0.05) is 24.0 Å². The molecule has 0 bridgehead atoms. The fourth-order valence-electron chi connectivity index (χ4n) is 4.98. The Morgan fingerprint density at radius 1 is 0.917 bits per heavy atom. The number of carbonyl (C=O) groups excluding carboxylic acids is 2. The number of carbonyl (C=O) groups is 2. The number of fused-ring (bicyclic) bond motifs is 2. The number of anilines is 1. The summed E-state index contributed by atoms with van der Waals surface area (Å²) in [5.74, 6) is -1.33. The van der Waals surface area contributed by atoms with Gasteiger partial charge in [0.2, 0.25) is 5.78 Å². The van der Waals surface area contributed by atoms with Gasteiger partial charge in [-0.3, -0.25) is 29.4 Å². The van der Waals surface area contributed by atoms with Crippen LogP contribution < -0.4 is 16.0 Å². The van der Waals surface area contributed by atoms with E-state index < -0.39 is 22.8 Å². The van der Waals surface area contributed by atoms with Gasteiger partial charge in [0.05, 0.1) is 28.0 Å². The van der Waals surface area contributed by atoms with Gasteiger partial charge < -0.3 is 14.6 Å². The molecule has 5 rings (SSSR count). The highest BCUT2D eigenvalue weighted by molar-refractivity contribution is 6.37. The third kappa shape index (κ3) is 3.16. The number of aryl methyl sites for hydroxylation is 1. The number of pyridine rings is 1. The predicted molar refractivity (Wildman–Crippen MR) is 137 cm³/mol. The Morgan fingerprint density at radius 2 is 1.61 bits per heavy atom. The number of allylic oxidation sites excluding steroid dienone is 1. The summed E-state index contributed by atoms with van der Waals surface area (Å²) in [6, 6.07) is 13.7. The zero-order chi connectivity index (χ0) is 25.7. The molecule has 0 fully saturated rings. The largest absolute Gasteiger partial charge is 0.506 e. The average molecular weight is 485 g/mol. The molecular weight excluding hydrogens is 460 g/mol. The molecule has 9 heteroatoms. The van der Waals surface area contributed by atoms with Gasteiger partial charge in [-0.15, -0.1) is 0 Å². The van der Waals surface area contributed by atoms with E-state index in [2.05, 4.69) is 10.2 Å². The number of nitrogens with zero attached hydrogens (tertiary/aromatic N) is 2. The van der Waals surface area contributed by atoms with Crippen LogP contribution >= 0.6 is 0 Å². The first kappa shape index (κ1) is 23.1. The van der Waals surface area contributed by atoms with Crippen molar-refractivity contribution in [2.45, 2.75) is 27.3 Å². The molecule has 0 radical (unpaired) electrons. The number of likely N-dealkylation sites (N-methyl/N-ethyl adjacent to an activating group) is 1. The molecule has 9 nitrogen and oxygen atoms in total. The van der Waals surface area contributed by atoms with E-state index in [1.165, 1.54) is 16.4 Å². The van der Waals surface area contributed by atoms with Crippen LogP contribution in [0.25, 0.3) is 27.7 Å². The molecule has 0 spiro atoms. The summed E-state index contributed by atoms with van der Waals surface area (Å²) >= 11 is 0. The van der Waals surface area contributed by atoms with Crippen molar-refractivity contribution in [3.05, 3.63) is 85.9 Å². The lowest BCUT2D eigenvalue weighted by Crippen LogP contribution is -2.40. The number of ketones is 1. The fourth-order valence-corrected chi connectivity index (χ4v) is 4.98. The molecule has 0 atom stereocenters. The molecule has 3 heterocycles. The number of benzene rings is 2. The lowest BCUT2D eigenvalue weighted by Gasteiger charge is -2.29. The van der Waals surface area contributed by atoms with Gasteiger partial charge in [0.25, 0.3) is 17.0 Å². The molecule has 4 aromatic rings. The summed E-state index contributed by atoms with van der Waals surface area (Å²) in [5.41, 5.74) is 0.0913. The zero-order valence-corrected chi connectivity index (χ0v) is 20.0. The molecule has 182 valence electrons. The van der Waals surface area contributed by atoms with Gasteiger partial charge in [-0.2, -0.15) is 0 Å². The second-order valence-corrected chi connectivity index (χ2v) is 8.51. The fraction of sp³-hybridized carbons (Fsp3) is 0.185. The number of aromatic nitrogens is 3. The van der Waals surface area contributed by atoms with Crippen LogP contribution in [-0.4, -0.2) is 38.1 Å². The second kappa shape index (κ2) is 8.53. The van der Waals surface area contributed by atoms with Crippen LogP contribution in [0.1, 0.15) is 36.7 Å². The van der Waals surface area contributed by atoms with Gasteiger partial charge >= 0.3 is 0 Å². The summed E-state index contributed by atoms with van der Waals surface area (Å²) in [6.45, 7) is 5.76. The Balaban J connectivity index is 1.82. The van der Waals surface area contributed by atoms with E-state index in [0.29, 0.717) is 35.2 Å². The first-order valence-electron chi connectivity index (χ1n) is 11.6. The SMILES string of the molecule is CCN1C(=O)/C(=C(/C)c2c(-c3c(O)c4ccccc4n(CC)c3=O)[nH][nH]c2=O)C(=O)c2ccccc21. The molecule has 0 aliphatic carbocycles. The van der Waals surface area contributed by atoms with Gasteiger partial charge in [-0.1, -0.05) is 24.3 Å². The lowest BCUT2D eigenvalue weighted by atomic mass is 9.89. The Hall–Kier alpha value is -4.66. The number of nitrogens with one attached hydrogen (secondary N) is 2. The number of H-pyrrole nitrogens is 2. The monoisotopic (exact) mass is 484 g/mol. The molecule has 1 aliphatic rings. The van der Waals surface area contributed by atoms with Crippen LogP contribution in [0, 0.1) is 0 Å². The molecule has 0 saturated heterocycles. The Kier molecular flexibility index (Phi) is 5.47. The maximum atomic E-state index is 13.5. The third-order valence-corrected chi connectivity index (χ3v) is 6.68. The summed E-state index contributed by atoms with van der Waals surface area (Å²) in [4.78, 5) is 54.9. The van der Waals surface area contributed by atoms with E-state index in [9.17, 15) is 24.3 Å². The standard InChI is InChI=1S/C27H24N4O5/c1-4-30-17-12-8-6-10-15(17)23(32)20(26(30)35)14(3)19-22(28-29-25(19)34)21-24(33)16-11-7-9-13-18(16)31(5-2)27(21)36/h6-13,33H,4-5H2,1-3H3,(H2,28,29,34)/b20-14-. The first-order chi connectivity index (χ1) is 17.3. The highest BCUT2D eigenvalue weighted by Crippen LogP contribution is 2.37. The first-order valence-corrected chi connectivity index (χ1v) is 11.6. The van der Waals surface area contributed by atoms with Gasteiger partial charge in [-0.25, -0.2) is 0 Å². The van der Waals surface area contributed by atoms with E-state index in [0.717, 1.165) is 0 Å². The third-order valence-electron chi connectivity index (χ3n) is 6.68. The molecule has 36 heavy (non-hydrogen) atoms. The summed E-state index contributed by atoms with van der Waals surface area (Å²) < 4.78 is 1.49. The lowest BCUT2D eigenvalue weighted by molar-refractivity contribution is -0.114. The number of hydrogen-bond donors (Lipinski definition) is 3. The molecule has 2 aromatic carbocycles. The number of Topliss-reactive ketones (excluding diaryl/α,β-unsaturated/α-hetero) is 1. The average Bonchev–Trinajstić information content (AvgIpc) is 3.25. The topological polar surface area (TPSA) is 128 Å². The smallest absolute Gasteiger partial charge is 0.272 e. The maximum Gasteiger partial charge on any atom is 0.272 e. The second-order valence-electron chi connectivity index (χ2n) is 8.51. The molecular formula is C27H24N4O5. The minimum atomic E-state index is -0.618. The van der Waals surface area contributed by atoms with E-state index >= 15 is 0 Å². The predicted octanol–water partition coefficient (Wildman–Crippen LogP) is 3.43. The molecule has 0 unspecified atom stereocenters. The van der Waals surface area contributed by atoms with Crippen molar-refractivity contribution >= 4 is 33.9 Å². The quantitative estimate of drug-likeness (QED) is 0.302. The summed E-state index contributed by atoms with van der Waals surface area (Å²) in [7, 11) is 0. The minimum absolute atomic E-state index is 0.0166.